The van der Waals surface area contributed by atoms with E-state index in [-0.39, 0.29) is 17.4 Å². The molecule has 0 spiro atoms. The number of carbonyl (C=O) groups excluding carboxylic acids is 3. The number of ether oxygens (including phenoxy) is 3. The molecule has 0 saturated carbocycles. The number of nitrogens with zero attached hydrogens (tertiary/aromatic N) is 1. The molecule has 3 aromatic carbocycles. The number of methoxy groups -OCH3 is 3. The number of thiophene rings is 1. The molecule has 1 heterocycles. The van der Waals surface area contributed by atoms with Crippen molar-refractivity contribution in [3.05, 3.63) is 99.6 Å². The third-order valence-corrected chi connectivity index (χ3v) is 9.73. The molecule has 3 amide bonds. The van der Waals surface area contributed by atoms with E-state index in [4.69, 9.17) is 14.2 Å². The minimum Gasteiger partial charge on any atom is -0.493 e. The van der Waals surface area contributed by atoms with Gasteiger partial charge in [-0.05, 0) is 85.4 Å². The van der Waals surface area contributed by atoms with Crippen LogP contribution in [0.1, 0.15) is 44.8 Å². The van der Waals surface area contributed by atoms with Crippen molar-refractivity contribution in [1.82, 2.24) is 5.32 Å². The number of aryl methyl sites for hydroxylation is 1. The van der Waals surface area contributed by atoms with E-state index in [1.165, 1.54) is 55.4 Å². The summed E-state index contributed by atoms with van der Waals surface area (Å²) in [5, 5.41) is 18.8. The molecule has 0 fully saturated rings. The van der Waals surface area contributed by atoms with Gasteiger partial charge in [0.1, 0.15) is 16.8 Å². The summed E-state index contributed by atoms with van der Waals surface area (Å²) < 4.78 is 16.3. The lowest BCUT2D eigenvalue weighted by Gasteiger charge is -2.15. The molecule has 5 rings (SSSR count). The number of hydrogen-bond acceptors (Lipinski definition) is 9. The van der Waals surface area contributed by atoms with E-state index in [1.807, 2.05) is 6.07 Å². The number of nitriles is 1. The van der Waals surface area contributed by atoms with Crippen molar-refractivity contribution >= 4 is 57.6 Å². The Hall–Kier alpha value is -5.25. The Kier molecular flexibility index (Phi) is 11.4. The van der Waals surface area contributed by atoms with Gasteiger partial charge < -0.3 is 30.2 Å². The molecule has 1 aromatic heterocycles. The zero-order valence-corrected chi connectivity index (χ0v) is 28.3. The van der Waals surface area contributed by atoms with Crippen molar-refractivity contribution in [3.8, 4) is 23.3 Å². The normalized spacial score (nSPS) is 12.2. The first-order valence-electron chi connectivity index (χ1n) is 15.1. The minimum atomic E-state index is -0.571. The molecule has 246 valence electrons. The molecule has 0 atom stereocenters. The summed E-state index contributed by atoms with van der Waals surface area (Å²) >= 11 is 2.79. The molecule has 0 aliphatic heterocycles. The predicted molar refractivity (Wildman–Crippen MR) is 188 cm³/mol. The van der Waals surface area contributed by atoms with Crippen LogP contribution in [-0.2, 0) is 22.4 Å². The molecule has 10 nitrogen and oxygen atoms in total. The number of benzene rings is 3. The number of nitrogens with one attached hydrogen (secondary N) is 3. The second-order valence-electron chi connectivity index (χ2n) is 10.7. The van der Waals surface area contributed by atoms with Gasteiger partial charge in [-0.15, -0.1) is 23.1 Å². The van der Waals surface area contributed by atoms with Crippen LogP contribution in [0.25, 0.3) is 6.08 Å². The Morgan fingerprint density at radius 1 is 0.917 bits per heavy atom. The van der Waals surface area contributed by atoms with Gasteiger partial charge in [0.2, 0.25) is 11.7 Å². The molecule has 4 aromatic rings. The van der Waals surface area contributed by atoms with Crippen molar-refractivity contribution in [2.75, 3.05) is 37.7 Å². The smallest absolute Gasteiger partial charge is 0.272 e. The molecular formula is C36H34N4O6S2. The predicted octanol–water partition coefficient (Wildman–Crippen LogP) is 6.66. The summed E-state index contributed by atoms with van der Waals surface area (Å²) in [6, 6.07) is 21.2. The van der Waals surface area contributed by atoms with Crippen LogP contribution >= 0.6 is 23.1 Å². The fourth-order valence-electron chi connectivity index (χ4n) is 5.24. The zero-order valence-electron chi connectivity index (χ0n) is 26.7. The van der Waals surface area contributed by atoms with Crippen LogP contribution in [0.5, 0.6) is 17.2 Å². The lowest BCUT2D eigenvalue weighted by molar-refractivity contribution is -0.114. The number of amides is 3. The van der Waals surface area contributed by atoms with Gasteiger partial charge in [0.05, 0.1) is 32.6 Å². The summed E-state index contributed by atoms with van der Waals surface area (Å²) in [6.07, 6.45) is 5.47. The van der Waals surface area contributed by atoms with Gasteiger partial charge in [0.15, 0.2) is 11.5 Å². The van der Waals surface area contributed by atoms with Crippen LogP contribution in [0.4, 0.5) is 10.7 Å². The third kappa shape index (κ3) is 8.17. The topological polar surface area (TPSA) is 139 Å². The van der Waals surface area contributed by atoms with Gasteiger partial charge in [0.25, 0.3) is 11.8 Å². The quantitative estimate of drug-likeness (QED) is 0.111. The summed E-state index contributed by atoms with van der Waals surface area (Å²) in [5.74, 6) is 0.0133. The fourth-order valence-corrected chi connectivity index (χ4v) is 7.25. The summed E-state index contributed by atoms with van der Waals surface area (Å²) in [6.45, 7) is 0. The van der Waals surface area contributed by atoms with Crippen LogP contribution in [0.15, 0.2) is 77.3 Å². The molecule has 0 radical (unpaired) electrons. The number of anilines is 2. The number of carbonyl (C=O) groups is 3. The maximum atomic E-state index is 13.7. The van der Waals surface area contributed by atoms with Crippen LogP contribution in [0.3, 0.4) is 0 Å². The van der Waals surface area contributed by atoms with Crippen LogP contribution in [0, 0.1) is 11.3 Å². The van der Waals surface area contributed by atoms with Crippen LogP contribution in [0.2, 0.25) is 0 Å². The van der Waals surface area contributed by atoms with Crippen LogP contribution < -0.4 is 30.2 Å². The number of thioether (sulfide) groups is 1. The van der Waals surface area contributed by atoms with Gasteiger partial charge in [-0.2, -0.15) is 5.26 Å². The van der Waals surface area contributed by atoms with Crippen molar-refractivity contribution < 1.29 is 28.6 Å². The average Bonchev–Trinajstić information content (AvgIpc) is 3.47. The maximum absolute atomic E-state index is 13.7. The van der Waals surface area contributed by atoms with Gasteiger partial charge in [0, 0.05) is 21.0 Å². The Balaban J connectivity index is 1.32. The Bertz CT molecular complexity index is 1870. The van der Waals surface area contributed by atoms with E-state index in [0.717, 1.165) is 36.1 Å². The van der Waals surface area contributed by atoms with Crippen molar-refractivity contribution in [2.24, 2.45) is 0 Å². The highest BCUT2D eigenvalue weighted by Crippen LogP contribution is 2.39. The molecule has 12 heteroatoms. The average molecular weight is 683 g/mol. The number of hydrogen-bond donors (Lipinski definition) is 3. The summed E-state index contributed by atoms with van der Waals surface area (Å²) in [7, 11) is 4.47. The van der Waals surface area contributed by atoms with Gasteiger partial charge in [-0.25, -0.2) is 0 Å². The molecule has 1 aliphatic carbocycles. The zero-order chi connectivity index (χ0) is 34.0. The third-order valence-electron chi connectivity index (χ3n) is 7.52. The first kappa shape index (κ1) is 34.1. The van der Waals surface area contributed by atoms with Crippen LogP contribution in [-0.4, -0.2) is 44.8 Å². The summed E-state index contributed by atoms with van der Waals surface area (Å²) in [4.78, 5) is 41.6. The molecular weight excluding hydrogens is 649 g/mol. The molecule has 0 saturated heterocycles. The molecule has 0 bridgehead atoms. The lowest BCUT2D eigenvalue weighted by atomic mass is 9.96. The molecule has 0 unspecified atom stereocenters. The van der Waals surface area contributed by atoms with Gasteiger partial charge in [-0.1, -0.05) is 24.3 Å². The lowest BCUT2D eigenvalue weighted by Crippen LogP contribution is -2.30. The van der Waals surface area contributed by atoms with E-state index >= 15 is 0 Å². The molecule has 1 aliphatic rings. The van der Waals surface area contributed by atoms with E-state index in [0.29, 0.717) is 44.6 Å². The van der Waals surface area contributed by atoms with E-state index < -0.39 is 11.8 Å². The second-order valence-corrected chi connectivity index (χ2v) is 12.8. The fraction of sp³-hybridized carbons (Fsp3) is 0.222. The Morgan fingerprint density at radius 2 is 1.65 bits per heavy atom. The minimum absolute atomic E-state index is 0.0255. The van der Waals surface area contributed by atoms with Crippen molar-refractivity contribution in [1.29, 1.82) is 5.26 Å². The van der Waals surface area contributed by atoms with E-state index in [1.54, 1.807) is 60.7 Å². The highest BCUT2D eigenvalue weighted by Gasteiger charge is 2.22. The molecule has 48 heavy (non-hydrogen) atoms. The number of rotatable bonds is 12. The van der Waals surface area contributed by atoms with E-state index in [9.17, 15) is 19.6 Å². The van der Waals surface area contributed by atoms with Gasteiger partial charge in [-0.3, -0.25) is 14.4 Å². The standard InChI is InChI=1S/C36H34N4O6S2/c1-44-29-17-22(18-30(45-2)33(29)46-3)16-28(39-34(42)23-10-5-4-6-11-23)35(43)38-24-12-9-13-25(19-24)47-21-32(41)40-36-27(20-37)26-14-7-8-15-31(26)48-36/h4-6,9-13,16-19H,7-8,14-15,21H2,1-3H3,(H,38,43)(H,39,42)(H,40,41)/b28-16+. The monoisotopic (exact) mass is 682 g/mol. The largest absolute Gasteiger partial charge is 0.493 e. The first-order valence-corrected chi connectivity index (χ1v) is 16.9. The van der Waals surface area contributed by atoms with E-state index in [2.05, 4.69) is 22.0 Å². The summed E-state index contributed by atoms with van der Waals surface area (Å²) in [5.41, 5.74) is 2.98. The Morgan fingerprint density at radius 3 is 2.33 bits per heavy atom. The van der Waals surface area contributed by atoms with Crippen molar-refractivity contribution in [3.63, 3.8) is 0 Å². The highest BCUT2D eigenvalue weighted by molar-refractivity contribution is 8.00. The number of fused-ring (bicyclic) bond motifs is 1. The highest BCUT2D eigenvalue weighted by atomic mass is 32.2. The maximum Gasteiger partial charge on any atom is 0.272 e. The Labute approximate surface area is 287 Å². The molecule has 3 N–H and O–H groups in total. The first-order chi connectivity index (χ1) is 23.3. The van der Waals surface area contributed by atoms with Crippen molar-refractivity contribution in [2.45, 2.75) is 30.6 Å². The SMILES string of the molecule is COc1cc(/C=C(/NC(=O)c2ccccc2)C(=O)Nc2cccc(SCC(=O)Nc3sc4c(c3C#N)CCCC4)c2)cc(OC)c1OC. The second kappa shape index (κ2) is 16.0. The van der Waals surface area contributed by atoms with Gasteiger partial charge >= 0.3 is 0 Å².